The van der Waals surface area contributed by atoms with Gasteiger partial charge in [-0.25, -0.2) is 0 Å². The third kappa shape index (κ3) is 2.00. The number of hydrogen-bond donors (Lipinski definition) is 0. The largest absolute Gasteiger partial charge is 0.416 e. The van der Waals surface area contributed by atoms with Crippen LogP contribution >= 0.6 is 0 Å². The molecule has 17 heavy (non-hydrogen) atoms. The summed E-state index contributed by atoms with van der Waals surface area (Å²) >= 11 is 0. The molecular weight excluding hydrogens is 224 g/mol. The fourth-order valence-corrected chi connectivity index (χ4v) is 6.17. The number of allylic oxidation sites excluding steroid dienone is 1. The van der Waals surface area contributed by atoms with Crippen LogP contribution in [-0.4, -0.2) is 14.9 Å². The van der Waals surface area contributed by atoms with E-state index in [2.05, 4.69) is 55.6 Å². The van der Waals surface area contributed by atoms with Gasteiger partial charge in [0.2, 0.25) is 0 Å². The number of benzene rings is 1. The number of rotatable bonds is 1. The van der Waals surface area contributed by atoms with Crippen LogP contribution in [0.2, 0.25) is 18.6 Å². The quantitative estimate of drug-likeness (QED) is 0.537. The first-order valence-corrected chi connectivity index (χ1v) is 9.52. The zero-order chi connectivity index (χ0) is 11.9. The van der Waals surface area contributed by atoms with Gasteiger partial charge in [0.1, 0.15) is 0 Å². The fourth-order valence-electron chi connectivity index (χ4n) is 3.27. The average molecular weight is 244 g/mol. The Kier molecular flexibility index (Phi) is 2.72. The molecule has 1 aliphatic heterocycles. The Morgan fingerprint density at radius 3 is 2.65 bits per heavy atom. The van der Waals surface area contributed by atoms with Gasteiger partial charge in [-0.2, -0.15) is 0 Å². The highest BCUT2D eigenvalue weighted by Gasteiger charge is 2.46. The summed E-state index contributed by atoms with van der Waals surface area (Å²) in [4.78, 5) is 0. The van der Waals surface area contributed by atoms with Gasteiger partial charge in [-0.1, -0.05) is 42.5 Å². The van der Waals surface area contributed by atoms with Crippen molar-refractivity contribution in [2.24, 2.45) is 5.92 Å². The highest BCUT2D eigenvalue weighted by Crippen LogP contribution is 2.48. The predicted octanol–water partition coefficient (Wildman–Crippen LogP) is 3.95. The molecule has 3 atom stereocenters. The molecule has 3 rings (SSSR count). The molecule has 1 aromatic carbocycles. The van der Waals surface area contributed by atoms with E-state index in [-0.39, 0.29) is 0 Å². The van der Waals surface area contributed by atoms with Gasteiger partial charge in [0.05, 0.1) is 0 Å². The minimum absolute atomic E-state index is 0.603. The van der Waals surface area contributed by atoms with Gasteiger partial charge in [-0.05, 0) is 30.6 Å². The summed E-state index contributed by atoms with van der Waals surface area (Å²) < 4.78 is 6.06. The summed E-state index contributed by atoms with van der Waals surface area (Å²) in [5.41, 5.74) is 2.26. The highest BCUT2D eigenvalue weighted by atomic mass is 28.4. The van der Waals surface area contributed by atoms with E-state index in [9.17, 15) is 0 Å². The van der Waals surface area contributed by atoms with Crippen molar-refractivity contribution >= 4 is 8.32 Å². The van der Waals surface area contributed by atoms with E-state index in [4.69, 9.17) is 4.43 Å². The van der Waals surface area contributed by atoms with Crippen molar-refractivity contribution in [3.8, 4) is 0 Å². The van der Waals surface area contributed by atoms with Crippen LogP contribution in [-0.2, 0) is 4.43 Å². The summed E-state index contributed by atoms with van der Waals surface area (Å²) in [7, 11) is -1.43. The normalized spacial score (nSPS) is 34.6. The average Bonchev–Trinajstić information content (AvgIpc) is 2.66. The van der Waals surface area contributed by atoms with Crippen molar-refractivity contribution < 1.29 is 4.43 Å². The Morgan fingerprint density at radius 1 is 1.12 bits per heavy atom. The summed E-state index contributed by atoms with van der Waals surface area (Å²) in [5.74, 6) is 1.29. The minimum Gasteiger partial charge on any atom is -0.416 e. The Bertz CT molecular complexity index is 424. The molecule has 1 unspecified atom stereocenters. The van der Waals surface area contributed by atoms with Crippen molar-refractivity contribution in [3.05, 3.63) is 48.0 Å². The maximum absolute atomic E-state index is 6.06. The summed E-state index contributed by atoms with van der Waals surface area (Å²) in [6.45, 7) is 5.71. The lowest BCUT2D eigenvalue weighted by Crippen LogP contribution is -2.33. The molecule has 0 radical (unpaired) electrons. The highest BCUT2D eigenvalue weighted by molar-refractivity contribution is 6.73. The standard InChI is InChI=1S/C15H20OSi/c1-17(2)15-10-13(8-9-14(15)11-16-17)12-6-4-3-5-7-12/h3-9,13-15H,10-11H2,1-2H3/t13-,14-,15?/m1/s1. The molecule has 0 spiro atoms. The lowest BCUT2D eigenvalue weighted by atomic mass is 9.84. The molecule has 2 heteroatoms. The van der Waals surface area contributed by atoms with E-state index in [1.807, 2.05) is 0 Å². The molecule has 1 aliphatic carbocycles. The first kappa shape index (κ1) is 11.2. The predicted molar refractivity (Wildman–Crippen MR) is 73.6 cm³/mol. The van der Waals surface area contributed by atoms with Crippen LogP contribution in [0, 0.1) is 5.92 Å². The van der Waals surface area contributed by atoms with Gasteiger partial charge < -0.3 is 4.43 Å². The van der Waals surface area contributed by atoms with Gasteiger partial charge in [-0.15, -0.1) is 0 Å². The fraction of sp³-hybridized carbons (Fsp3) is 0.467. The van der Waals surface area contributed by atoms with Crippen LogP contribution < -0.4 is 0 Å². The van der Waals surface area contributed by atoms with E-state index in [1.54, 1.807) is 0 Å². The molecule has 0 aromatic heterocycles. The number of fused-ring (bicyclic) bond motifs is 1. The molecule has 1 aromatic rings. The molecule has 1 nitrogen and oxygen atoms in total. The molecule has 1 saturated heterocycles. The van der Waals surface area contributed by atoms with Crippen LogP contribution in [0.3, 0.4) is 0 Å². The molecule has 0 bridgehead atoms. The first-order chi connectivity index (χ1) is 8.17. The molecule has 0 amide bonds. The van der Waals surface area contributed by atoms with Gasteiger partial charge in [0, 0.05) is 18.4 Å². The topological polar surface area (TPSA) is 9.23 Å². The van der Waals surface area contributed by atoms with Crippen molar-refractivity contribution in [2.45, 2.75) is 31.0 Å². The van der Waals surface area contributed by atoms with E-state index in [0.29, 0.717) is 11.8 Å². The first-order valence-electron chi connectivity index (χ1n) is 6.54. The molecular formula is C15H20OSi. The summed E-state index contributed by atoms with van der Waals surface area (Å²) in [6, 6.07) is 10.9. The lowest BCUT2D eigenvalue weighted by molar-refractivity contribution is 0.321. The SMILES string of the molecule is C[Si]1(C)OC[C@H]2C=C[C@@H](c3ccccc3)CC21. The van der Waals surface area contributed by atoms with Crippen molar-refractivity contribution in [3.63, 3.8) is 0 Å². The van der Waals surface area contributed by atoms with Gasteiger partial charge in [0.15, 0.2) is 8.32 Å². The Morgan fingerprint density at radius 2 is 1.88 bits per heavy atom. The zero-order valence-electron chi connectivity index (χ0n) is 10.6. The van der Waals surface area contributed by atoms with Crippen LogP contribution in [0.5, 0.6) is 0 Å². The second kappa shape index (κ2) is 4.11. The van der Waals surface area contributed by atoms with Crippen molar-refractivity contribution in [2.75, 3.05) is 6.61 Å². The van der Waals surface area contributed by atoms with Gasteiger partial charge >= 0.3 is 0 Å². The maximum Gasteiger partial charge on any atom is 0.190 e. The number of hydrogen-bond acceptors (Lipinski definition) is 1. The van der Waals surface area contributed by atoms with E-state index in [0.717, 1.165) is 12.1 Å². The molecule has 2 aliphatic rings. The minimum atomic E-state index is -1.43. The maximum atomic E-state index is 6.06. The second-order valence-corrected chi connectivity index (χ2v) is 10.1. The van der Waals surface area contributed by atoms with Crippen LogP contribution in [0.1, 0.15) is 17.9 Å². The molecule has 0 N–H and O–H groups in total. The van der Waals surface area contributed by atoms with Crippen LogP contribution in [0.15, 0.2) is 42.5 Å². The molecule has 1 fully saturated rings. The van der Waals surface area contributed by atoms with Crippen molar-refractivity contribution in [1.82, 2.24) is 0 Å². The van der Waals surface area contributed by atoms with Gasteiger partial charge in [0.25, 0.3) is 0 Å². The van der Waals surface area contributed by atoms with E-state index in [1.165, 1.54) is 12.0 Å². The molecule has 0 saturated carbocycles. The molecule has 1 heterocycles. The van der Waals surface area contributed by atoms with Gasteiger partial charge in [-0.3, -0.25) is 0 Å². The monoisotopic (exact) mass is 244 g/mol. The Balaban J connectivity index is 1.86. The smallest absolute Gasteiger partial charge is 0.190 e. The second-order valence-electron chi connectivity index (χ2n) is 5.82. The zero-order valence-corrected chi connectivity index (χ0v) is 11.6. The van der Waals surface area contributed by atoms with E-state index < -0.39 is 8.32 Å². The Labute approximate surface area is 105 Å². The van der Waals surface area contributed by atoms with E-state index >= 15 is 0 Å². The summed E-state index contributed by atoms with van der Waals surface area (Å²) in [5, 5.41) is 0. The lowest BCUT2D eigenvalue weighted by Gasteiger charge is -2.31. The van der Waals surface area contributed by atoms with Crippen molar-refractivity contribution in [1.29, 1.82) is 0 Å². The molecule has 90 valence electrons. The summed E-state index contributed by atoms with van der Waals surface area (Å²) in [6.07, 6.45) is 6.09. The third-order valence-corrected chi connectivity index (χ3v) is 7.74. The third-order valence-electron chi connectivity index (χ3n) is 4.38. The van der Waals surface area contributed by atoms with Crippen LogP contribution in [0.4, 0.5) is 0 Å². The van der Waals surface area contributed by atoms with Crippen LogP contribution in [0.25, 0.3) is 0 Å². The Hall–Kier alpha value is -0.863.